The van der Waals surface area contributed by atoms with Crippen LogP contribution in [-0.4, -0.2) is 71.8 Å². The highest BCUT2D eigenvalue weighted by atomic mass is 19.2. The SMILES string of the molecule is O=C(Nc1cccc(F)c1F)N1CCN(C(=O)C(=O)N2CCCC2)CC1. The first kappa shape index (κ1) is 18.1. The fourth-order valence-corrected chi connectivity index (χ4v) is 3.10. The number of hydrogen-bond donors (Lipinski definition) is 1. The van der Waals surface area contributed by atoms with Crippen LogP contribution in [0.3, 0.4) is 0 Å². The highest BCUT2D eigenvalue weighted by molar-refractivity contribution is 6.35. The van der Waals surface area contributed by atoms with E-state index in [2.05, 4.69) is 5.32 Å². The summed E-state index contributed by atoms with van der Waals surface area (Å²) in [5, 5.41) is 2.33. The topological polar surface area (TPSA) is 73.0 Å². The average Bonchev–Trinajstić information content (AvgIpc) is 3.19. The third-order valence-electron chi connectivity index (χ3n) is 4.62. The molecule has 140 valence electrons. The molecule has 26 heavy (non-hydrogen) atoms. The summed E-state index contributed by atoms with van der Waals surface area (Å²) in [5.41, 5.74) is -0.238. The van der Waals surface area contributed by atoms with Crippen molar-refractivity contribution in [2.75, 3.05) is 44.6 Å². The van der Waals surface area contributed by atoms with Gasteiger partial charge in [-0.05, 0) is 25.0 Å². The zero-order valence-electron chi connectivity index (χ0n) is 14.2. The van der Waals surface area contributed by atoms with E-state index in [1.54, 1.807) is 4.90 Å². The largest absolute Gasteiger partial charge is 0.334 e. The number of carbonyl (C=O) groups is 3. The maximum Gasteiger partial charge on any atom is 0.322 e. The minimum Gasteiger partial charge on any atom is -0.334 e. The Morgan fingerprint density at radius 2 is 1.35 bits per heavy atom. The number of piperazine rings is 1. The van der Waals surface area contributed by atoms with Gasteiger partial charge in [-0.2, -0.15) is 0 Å². The zero-order chi connectivity index (χ0) is 18.7. The Labute approximate surface area is 149 Å². The molecule has 1 aromatic carbocycles. The van der Waals surface area contributed by atoms with Gasteiger partial charge in [0.25, 0.3) is 0 Å². The Bertz CT molecular complexity index is 714. The number of urea groups is 1. The highest BCUT2D eigenvalue weighted by Crippen LogP contribution is 2.17. The molecule has 0 atom stereocenters. The fraction of sp³-hybridized carbons (Fsp3) is 0.471. The lowest BCUT2D eigenvalue weighted by atomic mass is 10.3. The van der Waals surface area contributed by atoms with Gasteiger partial charge in [0, 0.05) is 39.3 Å². The molecule has 1 N–H and O–H groups in total. The second-order valence-electron chi connectivity index (χ2n) is 6.31. The summed E-state index contributed by atoms with van der Waals surface area (Å²) in [6.07, 6.45) is 1.81. The molecule has 3 rings (SSSR count). The van der Waals surface area contributed by atoms with Crippen LogP contribution in [0.25, 0.3) is 0 Å². The Morgan fingerprint density at radius 3 is 1.96 bits per heavy atom. The molecule has 9 heteroatoms. The maximum absolute atomic E-state index is 13.6. The van der Waals surface area contributed by atoms with E-state index >= 15 is 0 Å². The molecule has 0 radical (unpaired) electrons. The Kier molecular flexibility index (Phi) is 5.34. The van der Waals surface area contributed by atoms with E-state index < -0.39 is 29.5 Å². The molecule has 7 nitrogen and oxygen atoms in total. The van der Waals surface area contributed by atoms with Crippen molar-refractivity contribution in [2.24, 2.45) is 0 Å². The molecule has 1 aromatic rings. The molecule has 2 aliphatic rings. The lowest BCUT2D eigenvalue weighted by molar-refractivity contribution is -0.152. The van der Waals surface area contributed by atoms with Crippen molar-refractivity contribution < 1.29 is 23.2 Å². The molecule has 4 amide bonds. The first-order valence-electron chi connectivity index (χ1n) is 8.55. The summed E-state index contributed by atoms with van der Waals surface area (Å²) < 4.78 is 26.8. The summed E-state index contributed by atoms with van der Waals surface area (Å²) in [5.74, 6) is -3.21. The van der Waals surface area contributed by atoms with Crippen molar-refractivity contribution in [3.63, 3.8) is 0 Å². The first-order valence-corrected chi connectivity index (χ1v) is 8.55. The van der Waals surface area contributed by atoms with Crippen molar-refractivity contribution in [3.05, 3.63) is 29.8 Å². The molecule has 0 saturated carbocycles. The van der Waals surface area contributed by atoms with Crippen molar-refractivity contribution in [1.29, 1.82) is 0 Å². The molecule has 0 aromatic heterocycles. The number of rotatable bonds is 1. The first-order chi connectivity index (χ1) is 12.5. The second-order valence-corrected chi connectivity index (χ2v) is 6.31. The monoisotopic (exact) mass is 366 g/mol. The van der Waals surface area contributed by atoms with E-state index in [4.69, 9.17) is 0 Å². The Morgan fingerprint density at radius 1 is 0.808 bits per heavy atom. The second kappa shape index (κ2) is 7.67. The Balaban J connectivity index is 1.53. The quantitative estimate of drug-likeness (QED) is 0.761. The third-order valence-corrected chi connectivity index (χ3v) is 4.62. The Hall–Kier alpha value is -2.71. The van der Waals surface area contributed by atoms with Crippen molar-refractivity contribution >= 4 is 23.5 Å². The molecular formula is C17H20F2N4O3. The highest BCUT2D eigenvalue weighted by Gasteiger charge is 2.31. The number of likely N-dealkylation sites (tertiary alicyclic amines) is 1. The lowest BCUT2D eigenvalue weighted by Crippen LogP contribution is -2.54. The number of halogens is 2. The van der Waals surface area contributed by atoms with Crippen LogP contribution in [0.15, 0.2) is 18.2 Å². The smallest absolute Gasteiger partial charge is 0.322 e. The van der Waals surface area contributed by atoms with Crippen molar-refractivity contribution in [2.45, 2.75) is 12.8 Å². The number of hydrogen-bond acceptors (Lipinski definition) is 3. The summed E-state index contributed by atoms with van der Waals surface area (Å²) >= 11 is 0. The van der Waals surface area contributed by atoms with Crippen molar-refractivity contribution in [3.8, 4) is 0 Å². The number of benzene rings is 1. The molecule has 0 spiro atoms. The van der Waals surface area contributed by atoms with E-state index in [1.807, 2.05) is 0 Å². The molecule has 2 saturated heterocycles. The van der Waals surface area contributed by atoms with E-state index in [9.17, 15) is 23.2 Å². The summed E-state index contributed by atoms with van der Waals surface area (Å²) in [6.45, 7) is 2.07. The van der Waals surface area contributed by atoms with Gasteiger partial charge in [-0.3, -0.25) is 9.59 Å². The number of nitrogens with one attached hydrogen (secondary N) is 1. The van der Waals surface area contributed by atoms with Gasteiger partial charge in [-0.15, -0.1) is 0 Å². The van der Waals surface area contributed by atoms with E-state index in [-0.39, 0.29) is 31.9 Å². The molecular weight excluding hydrogens is 346 g/mol. The lowest BCUT2D eigenvalue weighted by Gasteiger charge is -2.34. The summed E-state index contributed by atoms with van der Waals surface area (Å²) in [6, 6.07) is 2.96. The molecule has 0 bridgehead atoms. The molecule has 2 fully saturated rings. The minimum absolute atomic E-state index is 0.210. The van der Waals surface area contributed by atoms with Crippen LogP contribution in [0, 0.1) is 11.6 Å². The van der Waals surface area contributed by atoms with Gasteiger partial charge >= 0.3 is 17.8 Å². The van der Waals surface area contributed by atoms with Gasteiger partial charge in [0.1, 0.15) is 0 Å². The van der Waals surface area contributed by atoms with E-state index in [0.717, 1.165) is 18.9 Å². The molecule has 0 unspecified atom stereocenters. The number of carbonyl (C=O) groups excluding carboxylic acids is 3. The number of anilines is 1. The van der Waals surface area contributed by atoms with Crippen LogP contribution in [0.2, 0.25) is 0 Å². The van der Waals surface area contributed by atoms with E-state index in [1.165, 1.54) is 21.9 Å². The van der Waals surface area contributed by atoms with Gasteiger partial charge in [0.15, 0.2) is 11.6 Å². The van der Waals surface area contributed by atoms with Gasteiger partial charge in [0.05, 0.1) is 5.69 Å². The predicted octanol–water partition coefficient (Wildman–Crippen LogP) is 1.26. The maximum atomic E-state index is 13.6. The van der Waals surface area contributed by atoms with Gasteiger partial charge in [-0.25, -0.2) is 13.6 Å². The van der Waals surface area contributed by atoms with Crippen LogP contribution in [-0.2, 0) is 9.59 Å². The standard InChI is InChI=1S/C17H20F2N4O3/c18-12-4-3-5-13(14(12)19)20-17(26)23-10-8-22(9-11-23)16(25)15(24)21-6-1-2-7-21/h3-5H,1-2,6-11H2,(H,20,26). The molecule has 0 aliphatic carbocycles. The van der Waals surface area contributed by atoms with Crippen LogP contribution < -0.4 is 5.32 Å². The average molecular weight is 366 g/mol. The van der Waals surface area contributed by atoms with Crippen LogP contribution in [0.4, 0.5) is 19.3 Å². The minimum atomic E-state index is -1.12. The molecule has 2 aliphatic heterocycles. The van der Waals surface area contributed by atoms with Gasteiger partial charge in [0.2, 0.25) is 0 Å². The van der Waals surface area contributed by atoms with Crippen LogP contribution in [0.1, 0.15) is 12.8 Å². The number of nitrogens with zero attached hydrogens (tertiary/aromatic N) is 3. The zero-order valence-corrected chi connectivity index (χ0v) is 14.2. The predicted molar refractivity (Wildman–Crippen MR) is 89.3 cm³/mol. The number of amides is 4. The van der Waals surface area contributed by atoms with Crippen LogP contribution in [0.5, 0.6) is 0 Å². The fourth-order valence-electron chi connectivity index (χ4n) is 3.10. The molecule has 2 heterocycles. The summed E-state index contributed by atoms with van der Waals surface area (Å²) in [7, 11) is 0. The normalized spacial score (nSPS) is 17.4. The van der Waals surface area contributed by atoms with Crippen LogP contribution >= 0.6 is 0 Å². The van der Waals surface area contributed by atoms with Crippen molar-refractivity contribution in [1.82, 2.24) is 14.7 Å². The van der Waals surface area contributed by atoms with Gasteiger partial charge in [-0.1, -0.05) is 6.07 Å². The summed E-state index contributed by atoms with van der Waals surface area (Å²) in [4.78, 5) is 41.0. The van der Waals surface area contributed by atoms with E-state index in [0.29, 0.717) is 13.1 Å². The van der Waals surface area contributed by atoms with Gasteiger partial charge < -0.3 is 20.0 Å². The third kappa shape index (κ3) is 3.76.